The number of alkyl halides is 3. The number of hydrogen-bond donors (Lipinski definition) is 5. The van der Waals surface area contributed by atoms with Gasteiger partial charge in [0.25, 0.3) is 0 Å². The van der Waals surface area contributed by atoms with Crippen molar-refractivity contribution < 1.29 is 66.2 Å². The Morgan fingerprint density at radius 1 is 0.586 bits per heavy atom. The molecule has 2 aliphatic heterocycles. The molecule has 502 valence electrons. The third kappa shape index (κ3) is 24.3. The number of nitrogens with zero attached hydrogens (tertiary/aromatic N) is 7. The van der Waals surface area contributed by atoms with Gasteiger partial charge in [0.05, 0.1) is 30.9 Å². The standard InChI is InChI=1S/C62H112F3N11O11/c1-35(2)27-45-57(82)75(21)53(40(11)12)59(84)72(18)48(32-41(13)24-26-76-25-22-23-44(33-76)62(63,64)65)56(81)69-52(43(15)77)58(83)70(16)34-51(78)71(17)46(28-36(3)4)55(80)68-50(31-39(9)10)74(20)49(30-38(7)8)66-42(14)60(85)87-61(86)73(19)47(29-37(5)6)54(79)67-45/h35-50,52-53,66,77H,22-34H2,1-21H3,(H,67,79)(H,68,80)(H,69,81)/t41-,42-,43-,44?,45-,46+,47-,48?,49-,50+,52?,53?/m1/s1. The molecular formula is C62H112F3N11O11. The Morgan fingerprint density at radius 3 is 1.59 bits per heavy atom. The highest BCUT2D eigenvalue weighted by atomic mass is 19.4. The average molecular weight is 1240 g/mol. The summed E-state index contributed by atoms with van der Waals surface area (Å²) in [4.78, 5) is 140. The zero-order valence-corrected chi connectivity index (χ0v) is 56.4. The largest absolute Gasteiger partial charge is 0.417 e. The zero-order valence-electron chi connectivity index (χ0n) is 56.4. The van der Waals surface area contributed by atoms with Gasteiger partial charge in [0.2, 0.25) is 41.4 Å². The number of cyclic esters (lactones) is 2. The van der Waals surface area contributed by atoms with Crippen LogP contribution in [0.4, 0.5) is 18.0 Å². The molecule has 0 aromatic rings. The van der Waals surface area contributed by atoms with E-state index in [4.69, 9.17) is 4.74 Å². The summed E-state index contributed by atoms with van der Waals surface area (Å²) in [6, 6.07) is -8.98. The molecule has 12 atom stereocenters. The highest BCUT2D eigenvalue weighted by Gasteiger charge is 2.44. The van der Waals surface area contributed by atoms with Gasteiger partial charge < -0.3 is 50.3 Å². The Balaban J connectivity index is 2.93. The van der Waals surface area contributed by atoms with Crippen LogP contribution in [0.2, 0.25) is 0 Å². The fourth-order valence-electron chi connectivity index (χ4n) is 11.5. The Labute approximate surface area is 517 Å². The fourth-order valence-corrected chi connectivity index (χ4v) is 11.5. The van der Waals surface area contributed by atoms with Crippen LogP contribution in [0.5, 0.6) is 0 Å². The molecular weight excluding hydrogens is 1130 g/mol. The summed E-state index contributed by atoms with van der Waals surface area (Å²) in [7, 11) is 8.66. The minimum absolute atomic E-state index is 0.0195. The quantitative estimate of drug-likeness (QED) is 0.0890. The van der Waals surface area contributed by atoms with Gasteiger partial charge in [-0.25, -0.2) is 9.59 Å². The number of nitrogens with one attached hydrogen (secondary N) is 4. The number of likely N-dealkylation sites (N-methyl/N-ethyl adjacent to an activating group) is 5. The molecule has 25 heteroatoms. The topological polar surface area (TPSA) is 254 Å². The van der Waals surface area contributed by atoms with Crippen LogP contribution in [0.25, 0.3) is 0 Å². The fraction of sp³-hybridized carbons (Fsp3) is 0.855. The molecule has 22 nitrogen and oxygen atoms in total. The number of piperidine rings is 1. The van der Waals surface area contributed by atoms with Crippen LogP contribution in [-0.2, 0) is 43.1 Å². The first-order valence-electron chi connectivity index (χ1n) is 31.5. The molecule has 0 aromatic heterocycles. The minimum Gasteiger partial charge on any atom is -0.391 e. The van der Waals surface area contributed by atoms with Gasteiger partial charge in [-0.1, -0.05) is 90.0 Å². The van der Waals surface area contributed by atoms with E-state index in [1.807, 2.05) is 74.1 Å². The maximum atomic E-state index is 15.2. The summed E-state index contributed by atoms with van der Waals surface area (Å²) in [6.07, 6.45) is -6.38. The number of halogens is 3. The first-order valence-corrected chi connectivity index (χ1v) is 31.5. The lowest BCUT2D eigenvalue weighted by molar-refractivity contribution is -0.186. The van der Waals surface area contributed by atoms with E-state index in [1.165, 1.54) is 58.9 Å². The third-order valence-corrected chi connectivity index (χ3v) is 16.7. The highest BCUT2D eigenvalue weighted by Crippen LogP contribution is 2.34. The van der Waals surface area contributed by atoms with Crippen LogP contribution in [-0.4, -0.2) is 228 Å². The van der Waals surface area contributed by atoms with Gasteiger partial charge in [-0.2, -0.15) is 13.2 Å². The van der Waals surface area contributed by atoms with Gasteiger partial charge in [0.15, 0.2) is 0 Å². The second-order valence-electron chi connectivity index (χ2n) is 27.5. The van der Waals surface area contributed by atoms with Crippen LogP contribution in [0.3, 0.4) is 0 Å². The molecule has 0 aromatic carbocycles. The SMILES string of the molecule is CC(C)C[C@@H]1C(=O)N[C@H](CC(C)C)C(=O)N(C)C(C(C)C)C(=O)N(C)C(C[C@H](C)CCN2CCCC(C(F)(F)F)C2)C(=O)NC([C@@H](C)O)C(=O)N(C)CC(=O)N(C)[C@@H](CC(C)C)C(=O)N[C@H](CC(C)C)N(C)[C@H](CC(C)C)N[C@H](C)C(=O)OC(=O)N1C. The number of carbonyl (C=O) groups is 9. The maximum Gasteiger partial charge on any atom is 0.417 e. The predicted octanol–water partition coefficient (Wildman–Crippen LogP) is 5.51. The lowest BCUT2D eigenvalue weighted by Gasteiger charge is -2.40. The van der Waals surface area contributed by atoms with E-state index in [0.717, 1.165) is 14.7 Å². The van der Waals surface area contributed by atoms with Gasteiger partial charge in [0, 0.05) is 41.8 Å². The van der Waals surface area contributed by atoms with Crippen LogP contribution < -0.4 is 21.3 Å². The number of carbonyl (C=O) groups excluding carboxylic acids is 9. The monoisotopic (exact) mass is 1240 g/mol. The summed E-state index contributed by atoms with van der Waals surface area (Å²) >= 11 is 0. The number of hydrogen-bond acceptors (Lipinski definition) is 14. The van der Waals surface area contributed by atoms with Crippen LogP contribution in [0.1, 0.15) is 162 Å². The van der Waals surface area contributed by atoms with Crippen molar-refractivity contribution in [3.8, 4) is 0 Å². The van der Waals surface area contributed by atoms with Gasteiger partial charge in [-0.15, -0.1) is 0 Å². The molecule has 0 saturated carbocycles. The van der Waals surface area contributed by atoms with E-state index in [9.17, 15) is 56.6 Å². The van der Waals surface area contributed by atoms with Crippen molar-refractivity contribution in [3.63, 3.8) is 0 Å². The third-order valence-electron chi connectivity index (χ3n) is 16.7. The number of ether oxygens (including phenoxy) is 1. The second kappa shape index (κ2) is 35.3. The van der Waals surface area contributed by atoms with Crippen molar-refractivity contribution in [3.05, 3.63) is 0 Å². The molecule has 2 heterocycles. The van der Waals surface area contributed by atoms with Crippen molar-refractivity contribution in [1.82, 2.24) is 55.6 Å². The van der Waals surface area contributed by atoms with E-state index in [1.54, 1.807) is 32.7 Å². The first-order chi connectivity index (χ1) is 40.1. The van der Waals surface area contributed by atoms with Crippen molar-refractivity contribution in [2.75, 3.05) is 68.5 Å². The average Bonchev–Trinajstić information content (AvgIpc) is 2.16. The molecule has 2 saturated heterocycles. The van der Waals surface area contributed by atoms with E-state index < -0.39 is 145 Å². The molecule has 4 unspecified atom stereocenters. The number of aliphatic hydroxyl groups excluding tert-OH is 1. The van der Waals surface area contributed by atoms with Crippen molar-refractivity contribution >= 4 is 53.4 Å². The maximum absolute atomic E-state index is 15.2. The summed E-state index contributed by atoms with van der Waals surface area (Å²) in [5.74, 6) is -8.81. The lowest BCUT2D eigenvalue weighted by Crippen LogP contribution is -2.62. The molecule has 0 bridgehead atoms. The summed E-state index contributed by atoms with van der Waals surface area (Å²) in [5, 5.41) is 23.2. The first kappa shape index (κ1) is 78.0. The predicted molar refractivity (Wildman–Crippen MR) is 328 cm³/mol. The van der Waals surface area contributed by atoms with E-state index in [2.05, 4.69) is 21.3 Å². The number of rotatable bonds is 17. The molecule has 2 rings (SSSR count). The summed E-state index contributed by atoms with van der Waals surface area (Å²) in [6.45, 7) is 27.0. The Bertz CT molecular complexity index is 2270. The van der Waals surface area contributed by atoms with Crippen molar-refractivity contribution in [2.24, 2.45) is 47.3 Å². The van der Waals surface area contributed by atoms with E-state index in [0.29, 0.717) is 32.2 Å². The highest BCUT2D eigenvalue weighted by molar-refractivity contribution is 5.97. The van der Waals surface area contributed by atoms with E-state index in [-0.39, 0.29) is 74.8 Å². The van der Waals surface area contributed by atoms with E-state index >= 15 is 4.79 Å². The number of likely N-dealkylation sites (tertiary alicyclic amines) is 1. The van der Waals surface area contributed by atoms with Gasteiger partial charge in [-0.3, -0.25) is 48.7 Å². The summed E-state index contributed by atoms with van der Waals surface area (Å²) in [5.41, 5.74) is 0. The number of amides is 8. The van der Waals surface area contributed by atoms with Crippen LogP contribution >= 0.6 is 0 Å². The molecule has 87 heavy (non-hydrogen) atoms. The minimum atomic E-state index is -4.36. The molecule has 2 aliphatic rings. The number of aliphatic hydroxyl groups is 1. The Kier molecular flexibility index (Phi) is 31.6. The van der Waals surface area contributed by atoms with Gasteiger partial charge >= 0.3 is 18.2 Å². The normalized spacial score (nSPS) is 27.7. The van der Waals surface area contributed by atoms with Crippen LogP contribution in [0, 0.1) is 47.3 Å². The number of esters is 1. The second-order valence-corrected chi connectivity index (χ2v) is 27.5. The molecule has 0 aliphatic carbocycles. The van der Waals surface area contributed by atoms with Crippen LogP contribution in [0.15, 0.2) is 0 Å². The molecule has 0 radical (unpaired) electrons. The molecule has 2 fully saturated rings. The Morgan fingerprint density at radius 2 is 1.08 bits per heavy atom. The Hall–Kier alpha value is -5.14. The molecule has 8 amide bonds. The van der Waals surface area contributed by atoms with Gasteiger partial charge in [0.1, 0.15) is 42.3 Å². The zero-order chi connectivity index (χ0) is 66.9. The van der Waals surface area contributed by atoms with Crippen molar-refractivity contribution in [1.29, 1.82) is 0 Å². The smallest absolute Gasteiger partial charge is 0.391 e. The lowest BCUT2D eigenvalue weighted by atomic mass is 9.93. The van der Waals surface area contributed by atoms with Crippen molar-refractivity contribution in [2.45, 2.75) is 229 Å². The van der Waals surface area contributed by atoms with Gasteiger partial charge in [-0.05, 0) is 133 Å². The molecule has 0 spiro atoms. The summed E-state index contributed by atoms with van der Waals surface area (Å²) < 4.78 is 47.0. The molecule has 5 N–H and O–H groups in total.